The minimum Gasteiger partial charge on any atom is -0.465 e. The summed E-state index contributed by atoms with van der Waals surface area (Å²) in [5.41, 5.74) is 0. The Bertz CT molecular complexity index is 432. The molecule has 0 aliphatic carbocycles. The van der Waals surface area contributed by atoms with Gasteiger partial charge < -0.3 is 19.5 Å². The first kappa shape index (κ1) is 13.4. The topological polar surface area (TPSA) is 84.7 Å². The summed E-state index contributed by atoms with van der Waals surface area (Å²) in [6.07, 6.45) is 2.22. The van der Waals surface area contributed by atoms with Crippen molar-refractivity contribution in [3.8, 4) is 0 Å². The highest BCUT2D eigenvalue weighted by molar-refractivity contribution is 5.76. The van der Waals surface area contributed by atoms with Crippen LogP contribution in [0.15, 0.2) is 16.8 Å². The lowest BCUT2D eigenvalue weighted by Gasteiger charge is -2.18. The number of ether oxygens (including phenoxy) is 1. The van der Waals surface area contributed by atoms with Gasteiger partial charge in [-0.2, -0.15) is 0 Å². The second-order valence-electron chi connectivity index (χ2n) is 4.42. The predicted octanol–water partition coefficient (Wildman–Crippen LogP) is 0.737. The number of carbonyl (C=O) groups excluding carboxylic acids is 2. The summed E-state index contributed by atoms with van der Waals surface area (Å²) < 4.78 is 10.1. The Balaban J connectivity index is 1.90. The standard InChI is InChI=1S/C12H17N3O4/c1-9(16)18-8-10(11-2-4-14-19-11)3-6-15-7-5-13-12(15)17/h2,4,10H,3,5-8H2,1H3,(H,13,17). The number of nitrogens with zero attached hydrogens (tertiary/aromatic N) is 2. The summed E-state index contributed by atoms with van der Waals surface area (Å²) in [7, 11) is 0. The molecule has 0 bridgehead atoms. The molecule has 2 rings (SSSR count). The summed E-state index contributed by atoms with van der Waals surface area (Å²) in [5.74, 6) is 0.254. The number of esters is 1. The molecule has 0 saturated carbocycles. The second-order valence-corrected chi connectivity index (χ2v) is 4.42. The van der Waals surface area contributed by atoms with Gasteiger partial charge in [0.15, 0.2) is 0 Å². The molecule has 19 heavy (non-hydrogen) atoms. The van der Waals surface area contributed by atoms with Crippen LogP contribution in [0.25, 0.3) is 0 Å². The predicted molar refractivity (Wildman–Crippen MR) is 65.5 cm³/mol. The molecular weight excluding hydrogens is 250 g/mol. The van der Waals surface area contributed by atoms with Crippen LogP contribution in [0.4, 0.5) is 4.79 Å². The van der Waals surface area contributed by atoms with E-state index in [0.29, 0.717) is 31.8 Å². The Morgan fingerprint density at radius 2 is 2.53 bits per heavy atom. The molecule has 7 heteroatoms. The normalized spacial score (nSPS) is 16.3. The summed E-state index contributed by atoms with van der Waals surface area (Å²) in [4.78, 5) is 24.1. The fourth-order valence-electron chi connectivity index (χ4n) is 2.00. The zero-order valence-electron chi connectivity index (χ0n) is 10.8. The molecule has 1 aliphatic heterocycles. The highest BCUT2D eigenvalue weighted by atomic mass is 16.5. The van der Waals surface area contributed by atoms with Gasteiger partial charge in [-0.15, -0.1) is 0 Å². The quantitative estimate of drug-likeness (QED) is 0.768. The van der Waals surface area contributed by atoms with Crippen LogP contribution in [0.5, 0.6) is 0 Å². The van der Waals surface area contributed by atoms with Crippen molar-refractivity contribution < 1.29 is 18.8 Å². The number of carbonyl (C=O) groups is 2. The molecule has 1 fully saturated rings. The Morgan fingerprint density at radius 3 is 3.11 bits per heavy atom. The average molecular weight is 267 g/mol. The number of amides is 2. The molecule has 1 aromatic rings. The fraction of sp³-hybridized carbons (Fsp3) is 0.583. The molecule has 7 nitrogen and oxygen atoms in total. The van der Waals surface area contributed by atoms with Gasteiger partial charge in [0.2, 0.25) is 0 Å². The molecular formula is C12H17N3O4. The highest BCUT2D eigenvalue weighted by Crippen LogP contribution is 2.20. The van der Waals surface area contributed by atoms with Crippen LogP contribution in [0.1, 0.15) is 25.0 Å². The summed E-state index contributed by atoms with van der Waals surface area (Å²) in [6.45, 7) is 3.58. The lowest BCUT2D eigenvalue weighted by molar-refractivity contribution is -0.141. The number of urea groups is 1. The molecule has 1 atom stereocenters. The van der Waals surface area contributed by atoms with Crippen LogP contribution in [0.2, 0.25) is 0 Å². The molecule has 1 aliphatic rings. The monoisotopic (exact) mass is 267 g/mol. The fourth-order valence-corrected chi connectivity index (χ4v) is 2.00. The summed E-state index contributed by atoms with van der Waals surface area (Å²) in [6, 6.07) is 1.70. The van der Waals surface area contributed by atoms with E-state index in [4.69, 9.17) is 9.26 Å². The van der Waals surface area contributed by atoms with Gasteiger partial charge in [-0.1, -0.05) is 5.16 Å². The van der Waals surface area contributed by atoms with Gasteiger partial charge in [-0.25, -0.2) is 4.79 Å². The van der Waals surface area contributed by atoms with Gasteiger partial charge in [0.1, 0.15) is 12.4 Å². The maximum Gasteiger partial charge on any atom is 0.317 e. The van der Waals surface area contributed by atoms with E-state index >= 15 is 0 Å². The molecule has 0 aromatic carbocycles. The van der Waals surface area contributed by atoms with Crippen LogP contribution < -0.4 is 5.32 Å². The molecule has 1 saturated heterocycles. The lowest BCUT2D eigenvalue weighted by atomic mass is 10.0. The van der Waals surface area contributed by atoms with E-state index in [1.165, 1.54) is 6.92 Å². The third-order valence-corrected chi connectivity index (χ3v) is 3.04. The Morgan fingerprint density at radius 1 is 1.68 bits per heavy atom. The van der Waals surface area contributed by atoms with Crippen LogP contribution >= 0.6 is 0 Å². The Hall–Kier alpha value is -2.05. The lowest BCUT2D eigenvalue weighted by Crippen LogP contribution is -2.30. The van der Waals surface area contributed by atoms with Crippen LogP contribution in [-0.2, 0) is 9.53 Å². The van der Waals surface area contributed by atoms with Crippen molar-refractivity contribution in [1.29, 1.82) is 0 Å². The Labute approximate surface area is 110 Å². The minimum atomic E-state index is -0.330. The van der Waals surface area contributed by atoms with Crippen molar-refractivity contribution in [2.75, 3.05) is 26.2 Å². The zero-order chi connectivity index (χ0) is 13.7. The summed E-state index contributed by atoms with van der Waals surface area (Å²) in [5, 5.41) is 6.40. The molecule has 0 spiro atoms. The third-order valence-electron chi connectivity index (χ3n) is 3.04. The van der Waals surface area contributed by atoms with Crippen LogP contribution in [-0.4, -0.2) is 48.3 Å². The number of rotatable bonds is 6. The molecule has 2 heterocycles. The minimum absolute atomic E-state index is 0.0520. The van der Waals surface area contributed by atoms with E-state index in [1.807, 2.05) is 0 Å². The van der Waals surface area contributed by atoms with Crippen molar-refractivity contribution >= 4 is 12.0 Å². The molecule has 1 aromatic heterocycles. The maximum atomic E-state index is 11.4. The van der Waals surface area contributed by atoms with Gasteiger partial charge in [-0.3, -0.25) is 4.79 Å². The molecule has 104 valence electrons. The van der Waals surface area contributed by atoms with E-state index in [9.17, 15) is 9.59 Å². The number of aromatic nitrogens is 1. The average Bonchev–Trinajstić information content (AvgIpc) is 3.01. The first-order chi connectivity index (χ1) is 9.16. The molecule has 0 radical (unpaired) electrons. The van der Waals surface area contributed by atoms with E-state index in [0.717, 1.165) is 0 Å². The van der Waals surface area contributed by atoms with Crippen LogP contribution in [0.3, 0.4) is 0 Å². The smallest absolute Gasteiger partial charge is 0.317 e. The van der Waals surface area contributed by atoms with Crippen LogP contribution in [0, 0.1) is 0 Å². The second kappa shape index (κ2) is 6.21. The first-order valence-corrected chi connectivity index (χ1v) is 6.23. The number of hydrogen-bond acceptors (Lipinski definition) is 5. The van der Waals surface area contributed by atoms with E-state index in [-0.39, 0.29) is 24.5 Å². The van der Waals surface area contributed by atoms with Gasteiger partial charge >= 0.3 is 12.0 Å². The SMILES string of the molecule is CC(=O)OCC(CCN1CCNC1=O)c1ccno1. The van der Waals surface area contributed by atoms with Gasteiger partial charge in [0, 0.05) is 32.6 Å². The molecule has 2 amide bonds. The zero-order valence-corrected chi connectivity index (χ0v) is 10.8. The highest BCUT2D eigenvalue weighted by Gasteiger charge is 2.23. The molecule has 1 N–H and O–H groups in total. The number of nitrogens with one attached hydrogen (secondary N) is 1. The van der Waals surface area contributed by atoms with Gasteiger partial charge in [0.25, 0.3) is 0 Å². The van der Waals surface area contributed by atoms with Gasteiger partial charge in [0.05, 0.1) is 12.1 Å². The van der Waals surface area contributed by atoms with E-state index < -0.39 is 0 Å². The summed E-state index contributed by atoms with van der Waals surface area (Å²) >= 11 is 0. The molecule has 1 unspecified atom stereocenters. The van der Waals surface area contributed by atoms with Crippen molar-refractivity contribution in [3.63, 3.8) is 0 Å². The van der Waals surface area contributed by atoms with Crippen molar-refractivity contribution in [1.82, 2.24) is 15.4 Å². The largest absolute Gasteiger partial charge is 0.465 e. The van der Waals surface area contributed by atoms with Crippen molar-refractivity contribution in [3.05, 3.63) is 18.0 Å². The number of hydrogen-bond donors (Lipinski definition) is 1. The van der Waals surface area contributed by atoms with Crippen molar-refractivity contribution in [2.24, 2.45) is 0 Å². The van der Waals surface area contributed by atoms with Crippen molar-refractivity contribution in [2.45, 2.75) is 19.3 Å². The van der Waals surface area contributed by atoms with E-state index in [2.05, 4.69) is 10.5 Å². The van der Waals surface area contributed by atoms with E-state index in [1.54, 1.807) is 17.2 Å². The Kier molecular flexibility index (Phi) is 4.38. The third kappa shape index (κ3) is 3.70. The van der Waals surface area contributed by atoms with Gasteiger partial charge in [-0.05, 0) is 6.42 Å². The maximum absolute atomic E-state index is 11.4. The first-order valence-electron chi connectivity index (χ1n) is 6.23.